The molecule has 1 saturated carbocycles. The van der Waals surface area contributed by atoms with Crippen LogP contribution >= 0.6 is 0 Å². The van der Waals surface area contributed by atoms with Crippen LogP contribution in [0.1, 0.15) is 11.5 Å². The average Bonchev–Trinajstić information content (AvgIpc) is 2.93. The van der Waals surface area contributed by atoms with Crippen LogP contribution in [-0.4, -0.2) is 37.8 Å². The molecule has 0 amide bonds. The predicted octanol–water partition coefficient (Wildman–Crippen LogP) is 0.626. The van der Waals surface area contributed by atoms with E-state index in [0.29, 0.717) is 17.1 Å². The molecule has 1 heterocycles. The Balaban J connectivity index is 1.96. The lowest BCUT2D eigenvalue weighted by atomic mass is 10.1. The maximum absolute atomic E-state index is 11.6. The second-order valence-electron chi connectivity index (χ2n) is 4.80. The zero-order valence-electron chi connectivity index (χ0n) is 10.1. The van der Waals surface area contributed by atoms with Crippen LogP contribution in [0, 0.1) is 5.92 Å². The van der Waals surface area contributed by atoms with Gasteiger partial charge in [-0.1, -0.05) is 6.07 Å². The Morgan fingerprint density at radius 3 is 2.58 bits per heavy atom. The molecule has 1 aliphatic heterocycles. The zero-order chi connectivity index (χ0) is 13.8. The van der Waals surface area contributed by atoms with E-state index < -0.39 is 32.9 Å². The summed E-state index contributed by atoms with van der Waals surface area (Å²) in [6, 6.07) is 5.03. The molecular formula is C12H12O6S. The van der Waals surface area contributed by atoms with E-state index >= 15 is 0 Å². The number of carboxylic acids is 1. The summed E-state index contributed by atoms with van der Waals surface area (Å²) in [6.45, 7) is 0.126. The van der Waals surface area contributed by atoms with Gasteiger partial charge in [-0.2, -0.15) is 0 Å². The molecule has 6 nitrogen and oxygen atoms in total. The van der Waals surface area contributed by atoms with E-state index in [0.717, 1.165) is 6.26 Å². The van der Waals surface area contributed by atoms with Gasteiger partial charge >= 0.3 is 5.97 Å². The molecule has 0 aromatic heterocycles. The number of benzene rings is 1. The molecule has 0 saturated heterocycles. The van der Waals surface area contributed by atoms with Gasteiger partial charge in [0.2, 0.25) is 6.79 Å². The van der Waals surface area contributed by atoms with Crippen molar-refractivity contribution in [1.29, 1.82) is 0 Å². The maximum Gasteiger partial charge on any atom is 0.308 e. The first-order valence-corrected chi connectivity index (χ1v) is 7.66. The lowest BCUT2D eigenvalue weighted by Gasteiger charge is -2.01. The second-order valence-corrected chi connectivity index (χ2v) is 7.00. The highest BCUT2D eigenvalue weighted by Gasteiger charge is 2.61. The van der Waals surface area contributed by atoms with E-state index in [-0.39, 0.29) is 6.79 Å². The van der Waals surface area contributed by atoms with Crippen LogP contribution in [0.4, 0.5) is 0 Å². The van der Waals surface area contributed by atoms with E-state index in [1.165, 1.54) is 0 Å². The zero-order valence-corrected chi connectivity index (χ0v) is 10.9. The van der Waals surface area contributed by atoms with E-state index in [1.807, 2.05) is 0 Å². The topological polar surface area (TPSA) is 89.9 Å². The van der Waals surface area contributed by atoms with Gasteiger partial charge in [0.1, 0.15) is 0 Å². The molecule has 1 N–H and O–H groups in total. The fourth-order valence-corrected chi connectivity index (χ4v) is 4.21. The molecule has 7 heteroatoms. The van der Waals surface area contributed by atoms with Crippen molar-refractivity contribution in [2.24, 2.45) is 5.92 Å². The maximum atomic E-state index is 11.6. The molecule has 1 aromatic rings. The third-order valence-corrected chi connectivity index (χ3v) is 5.09. The Hall–Kier alpha value is -1.76. The molecular weight excluding hydrogens is 272 g/mol. The summed E-state index contributed by atoms with van der Waals surface area (Å²) in [7, 11) is -3.39. The predicted molar refractivity (Wildman–Crippen MR) is 65.1 cm³/mol. The highest BCUT2D eigenvalue weighted by molar-refractivity contribution is 7.91. The summed E-state index contributed by atoms with van der Waals surface area (Å²) in [5.41, 5.74) is 0.659. The Morgan fingerprint density at radius 1 is 1.32 bits per heavy atom. The Kier molecular flexibility index (Phi) is 2.50. The molecule has 1 fully saturated rings. The van der Waals surface area contributed by atoms with Crippen molar-refractivity contribution >= 4 is 15.8 Å². The number of hydrogen-bond donors (Lipinski definition) is 1. The minimum atomic E-state index is -3.39. The first-order chi connectivity index (χ1) is 8.89. The number of fused-ring (bicyclic) bond motifs is 1. The van der Waals surface area contributed by atoms with Gasteiger partial charge in [-0.25, -0.2) is 8.42 Å². The molecule has 1 aromatic carbocycles. The molecule has 0 bridgehead atoms. The number of aliphatic carboxylic acids is 1. The number of sulfone groups is 1. The standard InChI is InChI=1S/C12H12O6S/c1-19(15,16)11-9(10(11)12(13)14)6-2-3-7-8(4-6)18-5-17-7/h2-4,9-11H,5H2,1H3,(H,13,14)/t9-,10+,11+/m0/s1. The highest BCUT2D eigenvalue weighted by atomic mass is 32.2. The van der Waals surface area contributed by atoms with Crippen molar-refractivity contribution < 1.29 is 27.8 Å². The number of carbonyl (C=O) groups is 1. The molecule has 102 valence electrons. The largest absolute Gasteiger partial charge is 0.481 e. The van der Waals surface area contributed by atoms with Crippen LogP contribution in [0.5, 0.6) is 11.5 Å². The van der Waals surface area contributed by atoms with E-state index in [9.17, 15) is 13.2 Å². The molecule has 0 radical (unpaired) electrons. The smallest absolute Gasteiger partial charge is 0.308 e. The summed E-state index contributed by atoms with van der Waals surface area (Å²) in [4.78, 5) is 11.1. The average molecular weight is 284 g/mol. The first kappa shape index (κ1) is 12.3. The Labute approximate surface area is 109 Å². The summed E-state index contributed by atoms with van der Waals surface area (Å²) < 4.78 is 33.6. The van der Waals surface area contributed by atoms with Crippen LogP contribution in [0.15, 0.2) is 18.2 Å². The van der Waals surface area contributed by atoms with Gasteiger partial charge in [0.05, 0.1) is 11.2 Å². The molecule has 1 aliphatic carbocycles. The SMILES string of the molecule is CS(=O)(=O)[C@H]1[C@H](C(=O)O)[C@@H]1c1ccc2c(c1)OCO2. The quantitative estimate of drug-likeness (QED) is 0.875. The van der Waals surface area contributed by atoms with Crippen molar-refractivity contribution in [2.45, 2.75) is 11.2 Å². The first-order valence-electron chi connectivity index (χ1n) is 5.71. The van der Waals surface area contributed by atoms with Gasteiger partial charge in [-0.15, -0.1) is 0 Å². The normalized spacial score (nSPS) is 28.2. The van der Waals surface area contributed by atoms with E-state index in [1.54, 1.807) is 18.2 Å². The number of carboxylic acid groups (broad SMARTS) is 1. The molecule has 0 unspecified atom stereocenters. The number of ether oxygens (including phenoxy) is 2. The molecule has 3 rings (SSSR count). The molecule has 2 aliphatic rings. The van der Waals surface area contributed by atoms with Crippen molar-refractivity contribution in [3.63, 3.8) is 0 Å². The third kappa shape index (κ3) is 1.94. The van der Waals surface area contributed by atoms with Crippen LogP contribution in [0.3, 0.4) is 0 Å². The van der Waals surface area contributed by atoms with Gasteiger partial charge in [-0.05, 0) is 17.7 Å². The summed E-state index contributed by atoms with van der Waals surface area (Å²) >= 11 is 0. The summed E-state index contributed by atoms with van der Waals surface area (Å²) in [5, 5.41) is 8.24. The van der Waals surface area contributed by atoms with E-state index in [2.05, 4.69) is 0 Å². The fourth-order valence-electron chi connectivity index (χ4n) is 2.63. The lowest BCUT2D eigenvalue weighted by Crippen LogP contribution is -2.10. The minimum absolute atomic E-state index is 0.126. The van der Waals surface area contributed by atoms with Gasteiger partial charge in [0.25, 0.3) is 0 Å². The molecule has 3 atom stereocenters. The van der Waals surface area contributed by atoms with E-state index in [4.69, 9.17) is 14.6 Å². The van der Waals surface area contributed by atoms with Crippen molar-refractivity contribution in [3.05, 3.63) is 23.8 Å². The second kappa shape index (κ2) is 3.86. The van der Waals surface area contributed by atoms with Crippen molar-refractivity contribution in [2.75, 3.05) is 13.0 Å². The van der Waals surface area contributed by atoms with Gasteiger partial charge in [-0.3, -0.25) is 4.79 Å². The third-order valence-electron chi connectivity index (χ3n) is 3.51. The Bertz CT molecular complexity index is 650. The van der Waals surface area contributed by atoms with Crippen LogP contribution in [-0.2, 0) is 14.6 Å². The fraction of sp³-hybridized carbons (Fsp3) is 0.417. The Morgan fingerprint density at radius 2 is 2.00 bits per heavy atom. The molecule has 0 spiro atoms. The lowest BCUT2D eigenvalue weighted by molar-refractivity contribution is -0.138. The summed E-state index contributed by atoms with van der Waals surface area (Å²) in [5.74, 6) is -1.36. The monoisotopic (exact) mass is 284 g/mol. The van der Waals surface area contributed by atoms with Crippen LogP contribution < -0.4 is 9.47 Å². The van der Waals surface area contributed by atoms with Gasteiger partial charge in [0.15, 0.2) is 21.3 Å². The minimum Gasteiger partial charge on any atom is -0.481 e. The van der Waals surface area contributed by atoms with Gasteiger partial charge in [0, 0.05) is 12.2 Å². The summed E-state index contributed by atoms with van der Waals surface area (Å²) in [6.07, 6.45) is 1.07. The molecule has 19 heavy (non-hydrogen) atoms. The van der Waals surface area contributed by atoms with Crippen molar-refractivity contribution in [1.82, 2.24) is 0 Å². The van der Waals surface area contributed by atoms with Gasteiger partial charge < -0.3 is 14.6 Å². The highest BCUT2D eigenvalue weighted by Crippen LogP contribution is 2.53. The van der Waals surface area contributed by atoms with Crippen molar-refractivity contribution in [3.8, 4) is 11.5 Å². The van der Waals surface area contributed by atoms with Crippen LogP contribution in [0.25, 0.3) is 0 Å². The van der Waals surface area contributed by atoms with Crippen LogP contribution in [0.2, 0.25) is 0 Å². The number of hydrogen-bond acceptors (Lipinski definition) is 5. The number of rotatable bonds is 3.